The minimum Gasteiger partial charge on any atom is -0.390 e. The van der Waals surface area contributed by atoms with Crippen molar-refractivity contribution in [3.63, 3.8) is 0 Å². The zero-order valence-corrected chi connectivity index (χ0v) is 21.0. The van der Waals surface area contributed by atoms with Crippen LogP contribution in [0.15, 0.2) is 11.6 Å². The van der Waals surface area contributed by atoms with Crippen molar-refractivity contribution in [3.05, 3.63) is 11.6 Å². The topological polar surface area (TPSA) is 49.8 Å². The third-order valence-corrected chi connectivity index (χ3v) is 9.47. The van der Waals surface area contributed by atoms with Crippen molar-refractivity contribution in [2.75, 3.05) is 14.2 Å². The minimum atomic E-state index is -0.543. The van der Waals surface area contributed by atoms with Crippen LogP contribution in [0, 0.1) is 35.0 Å². The van der Waals surface area contributed by atoms with Crippen LogP contribution in [0.25, 0.3) is 0 Å². The highest BCUT2D eigenvalue weighted by Gasteiger charge is 2.54. The lowest BCUT2D eigenvalue weighted by atomic mass is 9.55. The second-order valence-electron chi connectivity index (χ2n) is 11.7. The summed E-state index contributed by atoms with van der Waals surface area (Å²) in [6.45, 7) is 9.18. The van der Waals surface area contributed by atoms with Crippen LogP contribution in [-0.4, -0.2) is 35.8 Å². The fourth-order valence-electron chi connectivity index (χ4n) is 7.71. The number of carbonyl (C=O) groups is 1. The number of amides is 1. The minimum absolute atomic E-state index is 0.0848. The van der Waals surface area contributed by atoms with Gasteiger partial charge in [-0.05, 0) is 100 Å². The van der Waals surface area contributed by atoms with E-state index in [2.05, 4.69) is 26.8 Å². The van der Waals surface area contributed by atoms with Gasteiger partial charge in [0.25, 0.3) is 0 Å². The van der Waals surface area contributed by atoms with Gasteiger partial charge in [0.05, 0.1) is 12.7 Å². The van der Waals surface area contributed by atoms with Gasteiger partial charge in [-0.25, -0.2) is 5.06 Å². The van der Waals surface area contributed by atoms with Crippen molar-refractivity contribution < 1.29 is 14.7 Å². The number of hydrogen-bond acceptors (Lipinski definition) is 3. The molecule has 4 heteroatoms. The quantitative estimate of drug-likeness (QED) is 0.418. The molecule has 0 saturated heterocycles. The van der Waals surface area contributed by atoms with Crippen LogP contribution in [-0.2, 0) is 9.63 Å². The molecule has 2 saturated carbocycles. The van der Waals surface area contributed by atoms with Crippen molar-refractivity contribution in [1.29, 1.82) is 0 Å². The summed E-state index contributed by atoms with van der Waals surface area (Å²) < 4.78 is 0. The molecule has 1 amide bonds. The Bertz CT molecular complexity index is 657. The summed E-state index contributed by atoms with van der Waals surface area (Å²) >= 11 is 0. The van der Waals surface area contributed by atoms with Crippen LogP contribution in [0.3, 0.4) is 0 Å². The number of nitrogens with zero attached hydrogens (tertiary/aromatic N) is 1. The Balaban J connectivity index is 1.71. The molecule has 0 aliphatic heterocycles. The molecule has 0 aromatic rings. The molecule has 7 atom stereocenters. The third-order valence-electron chi connectivity index (χ3n) is 9.47. The molecule has 0 bridgehead atoms. The fraction of sp³-hybridized carbons (Fsp3) is 0.889. The van der Waals surface area contributed by atoms with Crippen LogP contribution in [0.5, 0.6) is 0 Å². The van der Waals surface area contributed by atoms with Gasteiger partial charge in [0.15, 0.2) is 0 Å². The van der Waals surface area contributed by atoms with E-state index in [1.807, 2.05) is 6.92 Å². The molecule has 0 spiro atoms. The van der Waals surface area contributed by atoms with E-state index >= 15 is 0 Å². The van der Waals surface area contributed by atoms with Gasteiger partial charge in [0.1, 0.15) is 0 Å². The molecule has 3 aliphatic carbocycles. The largest absolute Gasteiger partial charge is 0.390 e. The number of fused-ring (bicyclic) bond motifs is 3. The Hall–Kier alpha value is -0.870. The van der Waals surface area contributed by atoms with Gasteiger partial charge in [-0.15, -0.1) is 0 Å². The molecule has 0 aromatic carbocycles. The predicted molar refractivity (Wildman–Crippen MR) is 126 cm³/mol. The van der Waals surface area contributed by atoms with Crippen LogP contribution < -0.4 is 0 Å². The van der Waals surface area contributed by atoms with Gasteiger partial charge in [0, 0.05) is 13.5 Å². The molecule has 0 unspecified atom stereocenters. The van der Waals surface area contributed by atoms with E-state index < -0.39 is 5.60 Å². The van der Waals surface area contributed by atoms with E-state index in [1.165, 1.54) is 49.2 Å². The van der Waals surface area contributed by atoms with Gasteiger partial charge < -0.3 is 5.11 Å². The second kappa shape index (κ2) is 9.95. The van der Waals surface area contributed by atoms with Crippen LogP contribution >= 0.6 is 0 Å². The standard InChI is InChI=1S/C27H47NO3/c1-19-9-11-22-21(8-7-16-26(3,30)18-19)15-17-27(4)23(12-13-24(22)27)20(2)10-14-25(29)28(5)31-6/h9,20-24,30H,7-8,10-18H2,1-6H3/b19-9+/t20-,21+,22-,23-,24+,26+,27-/m1/s1. The highest BCUT2D eigenvalue weighted by molar-refractivity contribution is 5.74. The lowest BCUT2D eigenvalue weighted by Gasteiger charge is -2.50. The zero-order chi connectivity index (χ0) is 22.8. The summed E-state index contributed by atoms with van der Waals surface area (Å²) in [6, 6.07) is 0. The first kappa shape index (κ1) is 24.8. The molecule has 0 aromatic heterocycles. The maximum atomic E-state index is 12.2. The Kier molecular flexibility index (Phi) is 7.95. The number of aliphatic hydroxyl groups is 1. The van der Waals surface area contributed by atoms with Crippen LogP contribution in [0.4, 0.5) is 0 Å². The number of rotatable bonds is 5. The molecule has 4 nitrogen and oxygen atoms in total. The third kappa shape index (κ3) is 5.55. The average Bonchev–Trinajstić information content (AvgIpc) is 3.06. The molecule has 0 heterocycles. The smallest absolute Gasteiger partial charge is 0.245 e. The molecule has 31 heavy (non-hydrogen) atoms. The van der Waals surface area contributed by atoms with Crippen molar-refractivity contribution >= 4 is 5.91 Å². The Labute approximate surface area is 190 Å². The van der Waals surface area contributed by atoms with Crippen LogP contribution in [0.1, 0.15) is 98.3 Å². The summed E-state index contributed by atoms with van der Waals surface area (Å²) in [5, 5.41) is 12.1. The van der Waals surface area contributed by atoms with Crippen molar-refractivity contribution in [1.82, 2.24) is 5.06 Å². The Morgan fingerprint density at radius 2 is 2.00 bits per heavy atom. The van der Waals surface area contributed by atoms with E-state index in [-0.39, 0.29) is 5.91 Å². The highest BCUT2D eigenvalue weighted by Crippen LogP contribution is 2.62. The Morgan fingerprint density at radius 1 is 1.26 bits per heavy atom. The van der Waals surface area contributed by atoms with Crippen molar-refractivity contribution in [2.45, 2.75) is 104 Å². The molecular formula is C27H47NO3. The molecular weight excluding hydrogens is 386 g/mol. The van der Waals surface area contributed by atoms with Crippen LogP contribution in [0.2, 0.25) is 0 Å². The number of allylic oxidation sites excluding steroid dienone is 1. The monoisotopic (exact) mass is 433 g/mol. The summed E-state index contributed by atoms with van der Waals surface area (Å²) in [4.78, 5) is 17.3. The van der Waals surface area contributed by atoms with E-state index in [9.17, 15) is 9.90 Å². The molecule has 2 fully saturated rings. The molecule has 3 rings (SSSR count). The normalized spacial score (nSPS) is 41.5. The second-order valence-corrected chi connectivity index (χ2v) is 11.7. The fourth-order valence-corrected chi connectivity index (χ4v) is 7.71. The summed E-state index contributed by atoms with van der Waals surface area (Å²) in [5.74, 6) is 3.78. The first-order valence-electron chi connectivity index (χ1n) is 12.8. The first-order chi connectivity index (χ1) is 14.6. The van der Waals surface area contributed by atoms with Gasteiger partial charge in [0.2, 0.25) is 5.91 Å². The predicted octanol–water partition coefficient (Wildman–Crippen LogP) is 6.14. The molecule has 1 N–H and O–H groups in total. The highest BCUT2D eigenvalue weighted by atomic mass is 16.7. The SMILES string of the molecule is CON(C)C(=O)CC[C@@H](C)[C@H]1CC[C@H]2[C@@H]3C/C=C(\C)C[C@@](C)(O)CCC[C@H]3CC[C@]12C. The zero-order valence-electron chi connectivity index (χ0n) is 21.0. The van der Waals surface area contributed by atoms with E-state index in [4.69, 9.17) is 4.84 Å². The first-order valence-corrected chi connectivity index (χ1v) is 12.8. The van der Waals surface area contributed by atoms with E-state index in [1.54, 1.807) is 14.2 Å². The van der Waals surface area contributed by atoms with Crippen molar-refractivity contribution in [2.24, 2.45) is 35.0 Å². The summed E-state index contributed by atoms with van der Waals surface area (Å²) in [6.07, 6.45) is 14.7. The van der Waals surface area contributed by atoms with Gasteiger partial charge in [-0.3, -0.25) is 9.63 Å². The summed E-state index contributed by atoms with van der Waals surface area (Å²) in [5.41, 5.74) is 1.23. The summed E-state index contributed by atoms with van der Waals surface area (Å²) in [7, 11) is 3.26. The molecule has 178 valence electrons. The van der Waals surface area contributed by atoms with E-state index in [0.717, 1.165) is 49.4 Å². The van der Waals surface area contributed by atoms with Gasteiger partial charge >= 0.3 is 0 Å². The maximum absolute atomic E-state index is 12.2. The number of hydroxylamine groups is 2. The molecule has 3 aliphatic rings. The van der Waals surface area contributed by atoms with Gasteiger partial charge in [-0.1, -0.05) is 38.3 Å². The lowest BCUT2D eigenvalue weighted by Crippen LogP contribution is -2.43. The average molecular weight is 434 g/mol. The Morgan fingerprint density at radius 3 is 2.71 bits per heavy atom. The molecule has 0 radical (unpaired) electrons. The lowest BCUT2D eigenvalue weighted by molar-refractivity contribution is -0.169. The maximum Gasteiger partial charge on any atom is 0.245 e. The number of hydrogen-bond donors (Lipinski definition) is 1. The number of carbonyl (C=O) groups excluding carboxylic acids is 1. The van der Waals surface area contributed by atoms with E-state index in [0.29, 0.717) is 17.8 Å². The van der Waals surface area contributed by atoms with Crippen molar-refractivity contribution in [3.8, 4) is 0 Å². The van der Waals surface area contributed by atoms with Gasteiger partial charge in [-0.2, -0.15) is 0 Å².